The van der Waals surface area contributed by atoms with Gasteiger partial charge in [0.2, 0.25) is 0 Å². The third kappa shape index (κ3) is 5.07. The van der Waals surface area contributed by atoms with Gasteiger partial charge >= 0.3 is 12.0 Å². The normalized spacial score (nSPS) is 10.3. The second-order valence-electron chi connectivity index (χ2n) is 6.14. The molecule has 0 unspecified atom stereocenters. The Morgan fingerprint density at radius 3 is 2.48 bits per heavy atom. The molecule has 2 N–H and O–H groups in total. The number of ether oxygens (including phenoxy) is 2. The zero-order chi connectivity index (χ0) is 20.8. The Morgan fingerprint density at radius 2 is 1.76 bits per heavy atom. The fourth-order valence-electron chi connectivity index (χ4n) is 2.68. The van der Waals surface area contributed by atoms with Gasteiger partial charge in [-0.15, -0.1) is 0 Å². The Morgan fingerprint density at radius 1 is 1.03 bits per heavy atom. The van der Waals surface area contributed by atoms with Crippen LogP contribution in [0.3, 0.4) is 0 Å². The van der Waals surface area contributed by atoms with Crippen molar-refractivity contribution < 1.29 is 23.9 Å². The minimum Gasteiger partial charge on any atom is -0.497 e. The van der Waals surface area contributed by atoms with Crippen LogP contribution in [0.2, 0.25) is 0 Å². The zero-order valence-corrected chi connectivity index (χ0v) is 15.9. The highest BCUT2D eigenvalue weighted by Gasteiger charge is 2.16. The quantitative estimate of drug-likeness (QED) is 0.645. The highest BCUT2D eigenvalue weighted by atomic mass is 16.5. The number of carbonyl (C=O) groups is 3. The third-order valence-electron chi connectivity index (χ3n) is 4.00. The number of para-hydroxylation sites is 1. The van der Waals surface area contributed by atoms with E-state index in [1.165, 1.54) is 7.11 Å². The van der Waals surface area contributed by atoms with Gasteiger partial charge in [0.1, 0.15) is 5.75 Å². The second kappa shape index (κ2) is 8.83. The maximum absolute atomic E-state index is 12.4. The van der Waals surface area contributed by atoms with Gasteiger partial charge in [0.15, 0.2) is 6.61 Å². The number of imide groups is 1. The lowest BCUT2D eigenvalue weighted by Gasteiger charge is -2.09. The van der Waals surface area contributed by atoms with Crippen molar-refractivity contribution in [2.24, 2.45) is 0 Å². The number of esters is 1. The lowest BCUT2D eigenvalue weighted by Crippen LogP contribution is -2.37. The van der Waals surface area contributed by atoms with E-state index in [1.807, 2.05) is 6.07 Å². The van der Waals surface area contributed by atoms with Crippen molar-refractivity contribution in [2.75, 3.05) is 19.0 Å². The van der Waals surface area contributed by atoms with E-state index >= 15 is 0 Å². The van der Waals surface area contributed by atoms with Gasteiger partial charge in [0.25, 0.3) is 5.91 Å². The fourth-order valence-corrected chi connectivity index (χ4v) is 2.68. The predicted octanol–water partition coefficient (Wildman–Crippen LogP) is 3.06. The maximum atomic E-state index is 12.4. The number of aromatic nitrogens is 1. The third-order valence-corrected chi connectivity index (χ3v) is 4.00. The number of urea groups is 1. The van der Waals surface area contributed by atoms with Gasteiger partial charge in [0, 0.05) is 16.8 Å². The summed E-state index contributed by atoms with van der Waals surface area (Å²) in [6, 6.07) is 14.6. The van der Waals surface area contributed by atoms with Gasteiger partial charge in [-0.1, -0.05) is 18.2 Å². The highest BCUT2D eigenvalue weighted by Crippen LogP contribution is 2.19. The Hall–Kier alpha value is -3.94. The van der Waals surface area contributed by atoms with Crippen LogP contribution in [-0.4, -0.2) is 36.6 Å². The van der Waals surface area contributed by atoms with E-state index in [2.05, 4.69) is 15.6 Å². The number of carbonyl (C=O) groups excluding carboxylic acids is 3. The fraction of sp³-hybridized carbons (Fsp3) is 0.143. The summed E-state index contributed by atoms with van der Waals surface area (Å²) >= 11 is 0. The lowest BCUT2D eigenvalue weighted by atomic mass is 10.1. The molecule has 0 radical (unpaired) electrons. The molecule has 8 nitrogen and oxygen atoms in total. The van der Waals surface area contributed by atoms with Gasteiger partial charge in [-0.2, -0.15) is 0 Å². The molecule has 3 aromatic rings. The van der Waals surface area contributed by atoms with Crippen molar-refractivity contribution in [3.8, 4) is 5.75 Å². The SMILES string of the molecule is COc1ccc(NC(=O)NC(=O)COC(=O)c2cc(C)nc3ccccc23)cc1. The summed E-state index contributed by atoms with van der Waals surface area (Å²) in [5, 5.41) is 5.23. The summed E-state index contributed by atoms with van der Waals surface area (Å²) in [6.07, 6.45) is 0. The number of methoxy groups -OCH3 is 1. The van der Waals surface area contributed by atoms with Crippen LogP contribution in [0.15, 0.2) is 54.6 Å². The number of hydrogen-bond acceptors (Lipinski definition) is 6. The number of nitrogens with one attached hydrogen (secondary N) is 2. The van der Waals surface area contributed by atoms with E-state index in [0.717, 1.165) is 0 Å². The van der Waals surface area contributed by atoms with Crippen LogP contribution >= 0.6 is 0 Å². The van der Waals surface area contributed by atoms with Gasteiger partial charge in [0.05, 0.1) is 18.2 Å². The average Bonchev–Trinajstić information content (AvgIpc) is 2.71. The van der Waals surface area contributed by atoms with Crippen molar-refractivity contribution in [3.05, 3.63) is 65.9 Å². The molecule has 0 spiro atoms. The predicted molar refractivity (Wildman–Crippen MR) is 107 cm³/mol. The van der Waals surface area contributed by atoms with Crippen LogP contribution in [0.25, 0.3) is 10.9 Å². The summed E-state index contributed by atoms with van der Waals surface area (Å²) in [4.78, 5) is 40.6. The molecule has 8 heteroatoms. The number of hydrogen-bond donors (Lipinski definition) is 2. The topological polar surface area (TPSA) is 107 Å². The molecule has 148 valence electrons. The number of pyridine rings is 1. The molecule has 0 saturated heterocycles. The molecule has 29 heavy (non-hydrogen) atoms. The van der Waals surface area contributed by atoms with Crippen molar-refractivity contribution in [2.45, 2.75) is 6.92 Å². The minimum absolute atomic E-state index is 0.309. The standard InChI is InChI=1S/C21H19N3O5/c1-13-11-17(16-5-3-4-6-18(16)22-13)20(26)29-12-19(25)24-21(27)23-14-7-9-15(28-2)10-8-14/h3-11H,12H2,1-2H3,(H2,23,24,25,27). The average molecular weight is 393 g/mol. The molecule has 0 aliphatic rings. The van der Waals surface area contributed by atoms with Crippen LogP contribution in [0, 0.1) is 6.92 Å². The number of amides is 3. The molecular weight excluding hydrogens is 374 g/mol. The van der Waals surface area contributed by atoms with Crippen LogP contribution in [0.1, 0.15) is 16.1 Å². The van der Waals surface area contributed by atoms with Crippen LogP contribution in [-0.2, 0) is 9.53 Å². The monoisotopic (exact) mass is 393 g/mol. The van der Waals surface area contributed by atoms with E-state index in [4.69, 9.17) is 9.47 Å². The molecule has 0 fully saturated rings. The van der Waals surface area contributed by atoms with Gasteiger partial charge in [-0.05, 0) is 43.3 Å². The number of nitrogens with zero attached hydrogens (tertiary/aromatic N) is 1. The number of anilines is 1. The number of benzene rings is 2. The molecular formula is C21H19N3O5. The summed E-state index contributed by atoms with van der Waals surface area (Å²) in [5.74, 6) is -0.783. The van der Waals surface area contributed by atoms with Crippen LogP contribution < -0.4 is 15.4 Å². The first-order valence-electron chi connectivity index (χ1n) is 8.74. The first-order chi connectivity index (χ1) is 14.0. The van der Waals surface area contributed by atoms with Crippen LogP contribution in [0.5, 0.6) is 5.75 Å². The molecule has 3 rings (SSSR count). The molecule has 3 amide bonds. The summed E-state index contributed by atoms with van der Waals surface area (Å²) in [5.41, 5.74) is 2.09. The van der Waals surface area contributed by atoms with E-state index in [-0.39, 0.29) is 0 Å². The van der Waals surface area contributed by atoms with Crippen molar-refractivity contribution >= 4 is 34.5 Å². The zero-order valence-electron chi connectivity index (χ0n) is 15.9. The smallest absolute Gasteiger partial charge is 0.339 e. The van der Waals surface area contributed by atoms with Crippen molar-refractivity contribution in [1.82, 2.24) is 10.3 Å². The Bertz CT molecular complexity index is 1060. The van der Waals surface area contributed by atoms with E-state index in [9.17, 15) is 14.4 Å². The number of rotatable bonds is 5. The molecule has 0 aliphatic carbocycles. The largest absolute Gasteiger partial charge is 0.497 e. The molecule has 0 saturated carbocycles. The number of aryl methyl sites for hydroxylation is 1. The molecule has 1 aromatic heterocycles. The molecule has 0 bridgehead atoms. The first kappa shape index (κ1) is 19.8. The molecule has 0 atom stereocenters. The summed E-state index contributed by atoms with van der Waals surface area (Å²) in [7, 11) is 1.53. The highest BCUT2D eigenvalue weighted by molar-refractivity contribution is 6.05. The van der Waals surface area contributed by atoms with Crippen molar-refractivity contribution in [1.29, 1.82) is 0 Å². The van der Waals surface area contributed by atoms with Gasteiger partial charge in [-0.25, -0.2) is 9.59 Å². The minimum atomic E-state index is -0.751. The van der Waals surface area contributed by atoms with E-state index in [0.29, 0.717) is 33.6 Å². The van der Waals surface area contributed by atoms with Gasteiger partial charge < -0.3 is 14.8 Å². The lowest BCUT2D eigenvalue weighted by molar-refractivity contribution is -0.123. The summed E-state index contributed by atoms with van der Waals surface area (Å²) < 4.78 is 10.1. The van der Waals surface area contributed by atoms with E-state index < -0.39 is 24.5 Å². The van der Waals surface area contributed by atoms with Crippen LogP contribution in [0.4, 0.5) is 10.5 Å². The second-order valence-corrected chi connectivity index (χ2v) is 6.14. The van der Waals surface area contributed by atoms with Crippen molar-refractivity contribution in [3.63, 3.8) is 0 Å². The molecule has 2 aromatic carbocycles. The maximum Gasteiger partial charge on any atom is 0.339 e. The Labute approximate surface area is 166 Å². The molecule has 0 aliphatic heterocycles. The Kier molecular flexibility index (Phi) is 6.03. The first-order valence-corrected chi connectivity index (χ1v) is 8.74. The van der Waals surface area contributed by atoms with E-state index in [1.54, 1.807) is 55.5 Å². The molecule has 1 heterocycles. The summed E-state index contributed by atoms with van der Waals surface area (Å²) in [6.45, 7) is 1.17. The Balaban J connectivity index is 1.56. The number of fused-ring (bicyclic) bond motifs is 1. The van der Waals surface area contributed by atoms with Gasteiger partial charge in [-0.3, -0.25) is 15.1 Å².